The summed E-state index contributed by atoms with van der Waals surface area (Å²) < 4.78 is 16.0. The normalized spacial score (nSPS) is 10.2. The van der Waals surface area contributed by atoms with E-state index in [9.17, 15) is 9.59 Å². The van der Waals surface area contributed by atoms with Crippen LogP contribution >= 0.6 is 0 Å². The maximum atomic E-state index is 12.2. The van der Waals surface area contributed by atoms with Crippen LogP contribution in [0, 0.1) is 6.92 Å². The third-order valence-corrected chi connectivity index (χ3v) is 4.15. The van der Waals surface area contributed by atoms with Gasteiger partial charge in [-0.15, -0.1) is 0 Å². The van der Waals surface area contributed by atoms with Crippen LogP contribution in [0.25, 0.3) is 0 Å². The minimum atomic E-state index is -0.555. The van der Waals surface area contributed by atoms with E-state index in [4.69, 9.17) is 14.2 Å². The van der Waals surface area contributed by atoms with Crippen molar-refractivity contribution in [1.29, 1.82) is 0 Å². The van der Waals surface area contributed by atoms with Crippen molar-refractivity contribution < 1.29 is 23.8 Å². The molecule has 0 aromatic heterocycles. The molecule has 0 bridgehead atoms. The number of hydrogen-bond acceptors (Lipinski definition) is 5. The second kappa shape index (κ2) is 10.1. The van der Waals surface area contributed by atoms with E-state index in [0.717, 1.165) is 11.1 Å². The summed E-state index contributed by atoms with van der Waals surface area (Å²) in [6.45, 7) is 2.02. The Morgan fingerprint density at radius 2 is 1.59 bits per heavy atom. The standard InChI is InChI=1S/C24H22O5/c1-18-10-12-21(13-11-18)28-17-23(25)29-22-9-5-8-20(16-22)24(26)27-15-14-19-6-3-2-4-7-19/h2-13,16H,14-15,17H2,1H3. The van der Waals surface area contributed by atoms with Gasteiger partial charge in [-0.2, -0.15) is 0 Å². The minimum absolute atomic E-state index is 0.227. The molecule has 0 heterocycles. The molecule has 0 N–H and O–H groups in total. The molecule has 0 unspecified atom stereocenters. The Morgan fingerprint density at radius 1 is 0.828 bits per heavy atom. The summed E-state index contributed by atoms with van der Waals surface area (Å²) in [6, 6.07) is 23.5. The highest BCUT2D eigenvalue weighted by molar-refractivity contribution is 5.90. The maximum Gasteiger partial charge on any atom is 0.349 e. The summed E-state index contributed by atoms with van der Waals surface area (Å²) in [4.78, 5) is 24.2. The zero-order chi connectivity index (χ0) is 20.5. The highest BCUT2D eigenvalue weighted by atomic mass is 16.6. The summed E-state index contributed by atoms with van der Waals surface area (Å²) in [7, 11) is 0. The molecule has 5 nitrogen and oxygen atoms in total. The first-order chi connectivity index (χ1) is 14.1. The molecule has 3 aromatic rings. The fourth-order valence-electron chi connectivity index (χ4n) is 2.61. The van der Waals surface area contributed by atoms with E-state index in [0.29, 0.717) is 17.7 Å². The van der Waals surface area contributed by atoms with Crippen LogP contribution < -0.4 is 9.47 Å². The molecule has 3 rings (SSSR count). The van der Waals surface area contributed by atoms with Gasteiger partial charge in [0.05, 0.1) is 12.2 Å². The zero-order valence-corrected chi connectivity index (χ0v) is 16.2. The smallest absolute Gasteiger partial charge is 0.349 e. The Balaban J connectivity index is 1.48. The molecule has 0 saturated heterocycles. The molecule has 0 aliphatic rings. The van der Waals surface area contributed by atoms with E-state index in [2.05, 4.69) is 0 Å². The molecule has 5 heteroatoms. The average molecular weight is 390 g/mol. The molecule has 0 amide bonds. The van der Waals surface area contributed by atoms with Crippen LogP contribution in [0.4, 0.5) is 0 Å². The number of carbonyl (C=O) groups excluding carboxylic acids is 2. The summed E-state index contributed by atoms with van der Waals surface area (Å²) in [5, 5.41) is 0. The molecule has 0 saturated carbocycles. The second-order valence-electron chi connectivity index (χ2n) is 6.48. The second-order valence-corrected chi connectivity index (χ2v) is 6.48. The molecular formula is C24H22O5. The Hall–Kier alpha value is -3.60. The predicted molar refractivity (Wildman–Crippen MR) is 109 cm³/mol. The van der Waals surface area contributed by atoms with Gasteiger partial charge < -0.3 is 14.2 Å². The SMILES string of the molecule is Cc1ccc(OCC(=O)Oc2cccc(C(=O)OCCc3ccccc3)c2)cc1. The van der Waals surface area contributed by atoms with Crippen molar-refractivity contribution in [3.63, 3.8) is 0 Å². The van der Waals surface area contributed by atoms with Crippen molar-refractivity contribution in [2.45, 2.75) is 13.3 Å². The van der Waals surface area contributed by atoms with Crippen LogP contribution in [0.3, 0.4) is 0 Å². The van der Waals surface area contributed by atoms with Gasteiger partial charge in [-0.05, 0) is 42.8 Å². The first-order valence-electron chi connectivity index (χ1n) is 9.31. The van der Waals surface area contributed by atoms with Gasteiger partial charge in [0.25, 0.3) is 0 Å². The van der Waals surface area contributed by atoms with Gasteiger partial charge in [-0.25, -0.2) is 9.59 Å². The average Bonchev–Trinajstić information content (AvgIpc) is 2.74. The molecule has 0 atom stereocenters. The van der Waals surface area contributed by atoms with E-state index in [1.54, 1.807) is 30.3 Å². The van der Waals surface area contributed by atoms with Crippen molar-refractivity contribution in [3.8, 4) is 11.5 Å². The van der Waals surface area contributed by atoms with E-state index in [-0.39, 0.29) is 19.0 Å². The van der Waals surface area contributed by atoms with Gasteiger partial charge in [-0.3, -0.25) is 0 Å². The third kappa shape index (κ3) is 6.50. The number of benzene rings is 3. The Morgan fingerprint density at radius 3 is 2.34 bits per heavy atom. The number of rotatable bonds is 8. The summed E-state index contributed by atoms with van der Waals surface area (Å²) in [5.74, 6) is -0.168. The highest BCUT2D eigenvalue weighted by Crippen LogP contribution is 2.16. The lowest BCUT2D eigenvalue weighted by molar-refractivity contribution is -0.136. The van der Waals surface area contributed by atoms with Gasteiger partial charge in [-0.1, -0.05) is 54.1 Å². The topological polar surface area (TPSA) is 61.8 Å². The van der Waals surface area contributed by atoms with E-state index in [1.165, 1.54) is 6.07 Å². The summed E-state index contributed by atoms with van der Waals surface area (Å²) in [6.07, 6.45) is 0.637. The molecule has 29 heavy (non-hydrogen) atoms. The van der Waals surface area contributed by atoms with E-state index in [1.807, 2.05) is 49.4 Å². The fourth-order valence-corrected chi connectivity index (χ4v) is 2.61. The predicted octanol–water partition coefficient (Wildman–Crippen LogP) is 4.38. The molecule has 0 fully saturated rings. The van der Waals surface area contributed by atoms with Crippen molar-refractivity contribution in [3.05, 3.63) is 95.6 Å². The van der Waals surface area contributed by atoms with Gasteiger partial charge in [0.2, 0.25) is 0 Å². The highest BCUT2D eigenvalue weighted by Gasteiger charge is 2.11. The quantitative estimate of drug-likeness (QED) is 0.422. The molecular weight excluding hydrogens is 368 g/mol. The third-order valence-electron chi connectivity index (χ3n) is 4.15. The van der Waals surface area contributed by atoms with Crippen LogP contribution in [0.1, 0.15) is 21.5 Å². The first-order valence-corrected chi connectivity index (χ1v) is 9.31. The lowest BCUT2D eigenvalue weighted by Crippen LogP contribution is -2.18. The van der Waals surface area contributed by atoms with Crippen molar-refractivity contribution in [2.75, 3.05) is 13.2 Å². The Kier molecular flexibility index (Phi) is 7.00. The number of aryl methyl sites for hydroxylation is 1. The van der Waals surface area contributed by atoms with Gasteiger partial charge >= 0.3 is 11.9 Å². The summed E-state index contributed by atoms with van der Waals surface area (Å²) >= 11 is 0. The minimum Gasteiger partial charge on any atom is -0.482 e. The molecule has 0 aliphatic carbocycles. The van der Waals surface area contributed by atoms with Gasteiger partial charge in [0.15, 0.2) is 6.61 Å². The Bertz CT molecular complexity index is 949. The molecule has 0 radical (unpaired) electrons. The molecule has 3 aromatic carbocycles. The van der Waals surface area contributed by atoms with Crippen LogP contribution in [0.2, 0.25) is 0 Å². The van der Waals surface area contributed by atoms with Crippen LogP contribution in [-0.2, 0) is 16.0 Å². The summed E-state index contributed by atoms with van der Waals surface area (Å²) in [5.41, 5.74) is 2.52. The molecule has 0 spiro atoms. The van der Waals surface area contributed by atoms with Gasteiger partial charge in [0, 0.05) is 6.42 Å². The lowest BCUT2D eigenvalue weighted by atomic mass is 10.2. The largest absolute Gasteiger partial charge is 0.482 e. The maximum absolute atomic E-state index is 12.2. The fraction of sp³-hybridized carbons (Fsp3) is 0.167. The van der Waals surface area contributed by atoms with Crippen LogP contribution in [0.5, 0.6) is 11.5 Å². The van der Waals surface area contributed by atoms with E-state index < -0.39 is 11.9 Å². The number of esters is 2. The zero-order valence-electron chi connectivity index (χ0n) is 16.2. The lowest BCUT2D eigenvalue weighted by Gasteiger charge is -2.09. The van der Waals surface area contributed by atoms with Gasteiger partial charge in [0.1, 0.15) is 11.5 Å². The first kappa shape index (κ1) is 20.1. The number of carbonyl (C=O) groups is 2. The van der Waals surface area contributed by atoms with Crippen molar-refractivity contribution in [2.24, 2.45) is 0 Å². The van der Waals surface area contributed by atoms with Crippen LogP contribution in [0.15, 0.2) is 78.9 Å². The number of hydrogen-bond donors (Lipinski definition) is 0. The van der Waals surface area contributed by atoms with Crippen LogP contribution in [-0.4, -0.2) is 25.2 Å². The van der Waals surface area contributed by atoms with Crippen molar-refractivity contribution in [1.82, 2.24) is 0 Å². The number of ether oxygens (including phenoxy) is 3. The van der Waals surface area contributed by atoms with E-state index >= 15 is 0 Å². The molecule has 0 aliphatic heterocycles. The molecule has 148 valence electrons. The monoisotopic (exact) mass is 390 g/mol. The Labute approximate surface area is 169 Å². The van der Waals surface area contributed by atoms with Crippen molar-refractivity contribution >= 4 is 11.9 Å².